The minimum atomic E-state index is -0.929. The van der Waals surface area contributed by atoms with Crippen LogP contribution in [0.15, 0.2) is 18.2 Å². The Balaban J connectivity index is 3.02. The van der Waals surface area contributed by atoms with Gasteiger partial charge in [0, 0.05) is 12.2 Å². The third-order valence-electron chi connectivity index (χ3n) is 2.29. The lowest BCUT2D eigenvalue weighted by atomic mass is 10.2. The van der Waals surface area contributed by atoms with E-state index < -0.39 is 11.9 Å². The summed E-state index contributed by atoms with van der Waals surface area (Å²) in [4.78, 5) is 23.3. The monoisotopic (exact) mass is 256 g/mol. The van der Waals surface area contributed by atoms with Gasteiger partial charge in [-0.25, -0.2) is 0 Å². The normalized spacial score (nSPS) is 10.0. The minimum absolute atomic E-state index is 0.122. The van der Waals surface area contributed by atoms with Crippen molar-refractivity contribution in [2.75, 3.05) is 18.0 Å². The quantitative estimate of drug-likeness (QED) is 0.833. The van der Waals surface area contributed by atoms with Crippen molar-refractivity contribution < 1.29 is 14.7 Å². The molecule has 1 amide bonds. The number of benzene rings is 1. The van der Waals surface area contributed by atoms with E-state index in [1.54, 1.807) is 11.0 Å². The molecule has 0 aliphatic rings. The molecular weight excluding hydrogens is 244 g/mol. The van der Waals surface area contributed by atoms with Crippen molar-refractivity contribution in [3.8, 4) is 0 Å². The van der Waals surface area contributed by atoms with E-state index >= 15 is 0 Å². The second kappa shape index (κ2) is 5.54. The highest BCUT2D eigenvalue weighted by Gasteiger charge is 2.12. The van der Waals surface area contributed by atoms with E-state index in [1.165, 1.54) is 12.1 Å². The molecule has 1 rings (SSSR count). The van der Waals surface area contributed by atoms with Gasteiger partial charge in [-0.3, -0.25) is 9.59 Å². The predicted octanol–water partition coefficient (Wildman–Crippen LogP) is 1.35. The number of likely N-dealkylation sites (N-methyl/N-ethyl adjacent to an activating group) is 1. The first-order valence-corrected chi connectivity index (χ1v) is 5.39. The van der Waals surface area contributed by atoms with Gasteiger partial charge in [-0.1, -0.05) is 11.6 Å². The van der Waals surface area contributed by atoms with Crippen LogP contribution in [-0.2, 0) is 4.79 Å². The van der Waals surface area contributed by atoms with E-state index in [4.69, 9.17) is 22.4 Å². The van der Waals surface area contributed by atoms with Crippen molar-refractivity contribution >= 4 is 29.2 Å². The highest BCUT2D eigenvalue weighted by atomic mass is 35.5. The van der Waals surface area contributed by atoms with E-state index in [0.29, 0.717) is 12.2 Å². The summed E-state index contributed by atoms with van der Waals surface area (Å²) in [6.07, 6.45) is 0. The largest absolute Gasteiger partial charge is 0.480 e. The molecule has 0 aromatic heterocycles. The number of primary amides is 1. The SMILES string of the molecule is CCN(CC(=O)O)c1ccc(C(N)=O)c(Cl)c1. The Bertz CT molecular complexity index is 448. The molecule has 1 aromatic carbocycles. The molecule has 1 aromatic rings. The first kappa shape index (κ1) is 13.3. The molecule has 6 heteroatoms. The van der Waals surface area contributed by atoms with Gasteiger partial charge in [0.15, 0.2) is 0 Å². The summed E-state index contributed by atoms with van der Waals surface area (Å²) < 4.78 is 0. The Morgan fingerprint density at radius 2 is 2.12 bits per heavy atom. The Morgan fingerprint density at radius 3 is 2.53 bits per heavy atom. The summed E-state index contributed by atoms with van der Waals surface area (Å²) in [7, 11) is 0. The van der Waals surface area contributed by atoms with Crippen LogP contribution in [0.4, 0.5) is 5.69 Å². The number of rotatable bonds is 5. The number of aliphatic carboxylic acids is 1. The van der Waals surface area contributed by atoms with E-state index in [9.17, 15) is 9.59 Å². The van der Waals surface area contributed by atoms with Gasteiger partial charge in [-0.2, -0.15) is 0 Å². The number of nitrogens with two attached hydrogens (primary N) is 1. The molecule has 0 heterocycles. The van der Waals surface area contributed by atoms with E-state index in [1.807, 2.05) is 6.92 Å². The maximum Gasteiger partial charge on any atom is 0.323 e. The molecule has 0 unspecified atom stereocenters. The van der Waals surface area contributed by atoms with Crippen LogP contribution in [0, 0.1) is 0 Å². The molecule has 92 valence electrons. The Labute approximate surface area is 104 Å². The van der Waals surface area contributed by atoms with Crippen molar-refractivity contribution in [3.05, 3.63) is 28.8 Å². The van der Waals surface area contributed by atoms with Crippen molar-refractivity contribution in [1.29, 1.82) is 0 Å². The third kappa shape index (κ3) is 3.35. The molecule has 3 N–H and O–H groups in total. The first-order valence-electron chi connectivity index (χ1n) is 5.01. The zero-order valence-electron chi connectivity index (χ0n) is 9.31. The Kier molecular flexibility index (Phi) is 4.34. The van der Waals surface area contributed by atoms with Gasteiger partial charge in [0.05, 0.1) is 10.6 Å². The zero-order valence-corrected chi connectivity index (χ0v) is 10.1. The molecular formula is C11H13ClN2O3. The van der Waals surface area contributed by atoms with Crippen molar-refractivity contribution in [2.24, 2.45) is 5.73 Å². The van der Waals surface area contributed by atoms with Gasteiger partial charge >= 0.3 is 5.97 Å². The van der Waals surface area contributed by atoms with Gasteiger partial charge in [-0.05, 0) is 25.1 Å². The van der Waals surface area contributed by atoms with Gasteiger partial charge in [0.2, 0.25) is 5.91 Å². The van der Waals surface area contributed by atoms with Crippen molar-refractivity contribution in [2.45, 2.75) is 6.92 Å². The summed E-state index contributed by atoms with van der Waals surface area (Å²) >= 11 is 5.89. The van der Waals surface area contributed by atoms with Crippen molar-refractivity contribution in [1.82, 2.24) is 0 Å². The molecule has 0 spiro atoms. The average Bonchev–Trinajstić information content (AvgIpc) is 2.24. The van der Waals surface area contributed by atoms with Crippen LogP contribution in [0.2, 0.25) is 5.02 Å². The highest BCUT2D eigenvalue weighted by molar-refractivity contribution is 6.34. The third-order valence-corrected chi connectivity index (χ3v) is 2.60. The Morgan fingerprint density at radius 1 is 1.47 bits per heavy atom. The maximum atomic E-state index is 11.0. The van der Waals surface area contributed by atoms with Crippen molar-refractivity contribution in [3.63, 3.8) is 0 Å². The number of halogens is 1. The second-order valence-electron chi connectivity index (χ2n) is 3.44. The Hall–Kier alpha value is -1.75. The molecule has 0 aliphatic heterocycles. The van der Waals surface area contributed by atoms with E-state index in [2.05, 4.69) is 0 Å². The molecule has 0 fully saturated rings. The molecule has 0 saturated heterocycles. The summed E-state index contributed by atoms with van der Waals surface area (Å²) in [6, 6.07) is 4.65. The highest BCUT2D eigenvalue weighted by Crippen LogP contribution is 2.23. The van der Waals surface area contributed by atoms with Gasteiger partial charge in [0.1, 0.15) is 6.54 Å². The molecule has 5 nitrogen and oxygen atoms in total. The van der Waals surface area contributed by atoms with Crippen LogP contribution in [0.3, 0.4) is 0 Å². The number of amides is 1. The maximum absolute atomic E-state index is 11.0. The lowest BCUT2D eigenvalue weighted by molar-refractivity contribution is -0.135. The first-order chi connectivity index (χ1) is 7.95. The van der Waals surface area contributed by atoms with E-state index in [0.717, 1.165) is 0 Å². The molecule has 0 bridgehead atoms. The number of carboxylic acid groups (broad SMARTS) is 1. The van der Waals surface area contributed by atoms with Crippen LogP contribution in [0.25, 0.3) is 0 Å². The summed E-state index contributed by atoms with van der Waals surface area (Å²) in [6.45, 7) is 2.24. The average molecular weight is 257 g/mol. The van der Waals surface area contributed by atoms with E-state index in [-0.39, 0.29) is 17.1 Å². The van der Waals surface area contributed by atoms with Crippen LogP contribution < -0.4 is 10.6 Å². The van der Waals surface area contributed by atoms with Crippen LogP contribution >= 0.6 is 11.6 Å². The van der Waals surface area contributed by atoms with Crippen LogP contribution in [0.5, 0.6) is 0 Å². The molecule has 0 atom stereocenters. The zero-order chi connectivity index (χ0) is 13.0. The summed E-state index contributed by atoms with van der Waals surface area (Å²) in [5, 5.41) is 8.96. The lowest BCUT2D eigenvalue weighted by Gasteiger charge is -2.21. The number of anilines is 1. The minimum Gasteiger partial charge on any atom is -0.480 e. The number of carboxylic acids is 1. The number of carbonyl (C=O) groups is 2. The molecule has 17 heavy (non-hydrogen) atoms. The number of nitrogens with zero attached hydrogens (tertiary/aromatic N) is 1. The van der Waals surface area contributed by atoms with Gasteiger partial charge < -0.3 is 15.7 Å². The summed E-state index contributed by atoms with van der Waals surface area (Å²) in [5.74, 6) is -1.54. The predicted molar refractivity (Wildman–Crippen MR) is 65.5 cm³/mol. The fourth-order valence-corrected chi connectivity index (χ4v) is 1.72. The molecule has 0 radical (unpaired) electrons. The topological polar surface area (TPSA) is 83.6 Å². The number of hydrogen-bond donors (Lipinski definition) is 2. The number of carbonyl (C=O) groups excluding carboxylic acids is 1. The lowest BCUT2D eigenvalue weighted by Crippen LogP contribution is -2.29. The van der Waals surface area contributed by atoms with Crippen LogP contribution in [-0.4, -0.2) is 30.1 Å². The molecule has 0 aliphatic carbocycles. The smallest absolute Gasteiger partial charge is 0.323 e. The fourth-order valence-electron chi connectivity index (χ4n) is 1.45. The molecule has 0 saturated carbocycles. The van der Waals surface area contributed by atoms with Gasteiger partial charge in [0.25, 0.3) is 0 Å². The second-order valence-corrected chi connectivity index (χ2v) is 3.84. The summed E-state index contributed by atoms with van der Waals surface area (Å²) in [5.41, 5.74) is 5.99. The van der Waals surface area contributed by atoms with Crippen LogP contribution in [0.1, 0.15) is 17.3 Å². The number of hydrogen-bond acceptors (Lipinski definition) is 3. The van der Waals surface area contributed by atoms with Gasteiger partial charge in [-0.15, -0.1) is 0 Å². The standard InChI is InChI=1S/C11H13ClN2O3/c1-2-14(6-10(15)16)7-3-4-8(11(13)17)9(12)5-7/h3-5H,2,6H2,1H3,(H2,13,17)(H,15,16). The fraction of sp³-hybridized carbons (Fsp3) is 0.273.